The fourth-order valence-corrected chi connectivity index (χ4v) is 3.35. The molecule has 26 heavy (non-hydrogen) atoms. The van der Waals surface area contributed by atoms with Crippen LogP contribution in [0.25, 0.3) is 0 Å². The second-order valence-electron chi connectivity index (χ2n) is 7.10. The van der Waals surface area contributed by atoms with Crippen molar-refractivity contribution in [3.63, 3.8) is 0 Å². The first kappa shape index (κ1) is 17.6. The summed E-state index contributed by atoms with van der Waals surface area (Å²) in [5, 5.41) is 7.79. The smallest absolute Gasteiger partial charge is 0.150 e. The molecule has 1 aromatic carbocycles. The van der Waals surface area contributed by atoms with Gasteiger partial charge in [-0.1, -0.05) is 17.3 Å². The van der Waals surface area contributed by atoms with Crippen LogP contribution >= 0.6 is 0 Å². The molecule has 6 nitrogen and oxygen atoms in total. The van der Waals surface area contributed by atoms with Crippen molar-refractivity contribution in [2.45, 2.75) is 25.0 Å². The number of nitrogens with zero attached hydrogens (tertiary/aromatic N) is 2. The van der Waals surface area contributed by atoms with Gasteiger partial charge in [-0.25, -0.2) is 4.39 Å². The summed E-state index contributed by atoms with van der Waals surface area (Å²) in [7, 11) is 0. The molecule has 2 aromatic rings. The monoisotopic (exact) mass is 361 g/mol. The van der Waals surface area contributed by atoms with Crippen molar-refractivity contribution >= 4 is 0 Å². The number of rotatable bonds is 7. The molecular weight excluding hydrogens is 337 g/mol. The summed E-state index contributed by atoms with van der Waals surface area (Å²) in [5.74, 6) is 0.668. The molecule has 2 fully saturated rings. The molecule has 2 aliphatic rings. The maximum Gasteiger partial charge on any atom is 0.150 e. The van der Waals surface area contributed by atoms with Crippen molar-refractivity contribution in [2.75, 3.05) is 39.5 Å². The molecule has 0 bridgehead atoms. The topological polar surface area (TPSA) is 59.8 Å². The second kappa shape index (κ2) is 7.84. The van der Waals surface area contributed by atoms with E-state index in [4.69, 9.17) is 14.0 Å². The largest absolute Gasteiger partial charge is 0.379 e. The van der Waals surface area contributed by atoms with Crippen LogP contribution in [0.1, 0.15) is 17.0 Å². The van der Waals surface area contributed by atoms with E-state index in [-0.39, 0.29) is 11.4 Å². The highest BCUT2D eigenvalue weighted by Gasteiger charge is 2.39. The summed E-state index contributed by atoms with van der Waals surface area (Å²) in [4.78, 5) is 2.31. The number of hydrogen-bond donors (Lipinski definition) is 1. The van der Waals surface area contributed by atoms with Gasteiger partial charge in [0.15, 0.2) is 5.76 Å². The Balaban J connectivity index is 1.33. The number of morpholine rings is 1. The summed E-state index contributed by atoms with van der Waals surface area (Å²) >= 11 is 0. The van der Waals surface area contributed by atoms with E-state index in [2.05, 4.69) is 15.4 Å². The number of hydrogen-bond acceptors (Lipinski definition) is 6. The van der Waals surface area contributed by atoms with E-state index < -0.39 is 0 Å². The van der Waals surface area contributed by atoms with Crippen LogP contribution in [0.4, 0.5) is 4.39 Å². The van der Waals surface area contributed by atoms with Gasteiger partial charge in [-0.3, -0.25) is 4.90 Å². The van der Waals surface area contributed by atoms with E-state index in [0.29, 0.717) is 19.8 Å². The lowest BCUT2D eigenvalue weighted by Crippen LogP contribution is -2.61. The zero-order valence-electron chi connectivity index (χ0n) is 14.7. The zero-order valence-corrected chi connectivity index (χ0v) is 14.7. The van der Waals surface area contributed by atoms with Crippen LogP contribution in [0.5, 0.6) is 0 Å². The van der Waals surface area contributed by atoms with Crippen molar-refractivity contribution in [1.29, 1.82) is 0 Å². The number of ether oxygens (including phenoxy) is 2. The average Bonchev–Trinajstić information content (AvgIpc) is 3.06. The molecule has 0 saturated carbocycles. The van der Waals surface area contributed by atoms with Crippen LogP contribution in [0.2, 0.25) is 0 Å². The van der Waals surface area contributed by atoms with E-state index in [0.717, 1.165) is 56.3 Å². The molecular formula is C19H24FN3O3. The third-order valence-corrected chi connectivity index (χ3v) is 4.95. The maximum absolute atomic E-state index is 13.0. The van der Waals surface area contributed by atoms with E-state index >= 15 is 0 Å². The first-order valence-electron chi connectivity index (χ1n) is 9.03. The van der Waals surface area contributed by atoms with Crippen molar-refractivity contribution in [1.82, 2.24) is 15.4 Å². The number of benzene rings is 1. The van der Waals surface area contributed by atoms with Gasteiger partial charge in [-0.05, 0) is 17.7 Å². The van der Waals surface area contributed by atoms with E-state index in [1.807, 2.05) is 6.07 Å². The van der Waals surface area contributed by atoms with Crippen molar-refractivity contribution in [3.8, 4) is 0 Å². The van der Waals surface area contributed by atoms with Gasteiger partial charge in [-0.15, -0.1) is 0 Å². The fourth-order valence-electron chi connectivity index (χ4n) is 3.35. The van der Waals surface area contributed by atoms with Crippen molar-refractivity contribution in [3.05, 3.63) is 53.2 Å². The molecule has 0 spiro atoms. The first-order valence-corrected chi connectivity index (χ1v) is 9.03. The SMILES string of the molecule is Fc1ccc(CNC2(Cc3cc(CN4CCOCC4)on3)COC2)cc1. The Labute approximate surface area is 152 Å². The van der Waals surface area contributed by atoms with E-state index in [9.17, 15) is 4.39 Å². The summed E-state index contributed by atoms with van der Waals surface area (Å²) in [6, 6.07) is 8.60. The van der Waals surface area contributed by atoms with Crippen LogP contribution in [0.15, 0.2) is 34.9 Å². The number of halogens is 1. The molecule has 2 aliphatic heterocycles. The van der Waals surface area contributed by atoms with Crippen molar-refractivity contribution < 1.29 is 18.4 Å². The molecule has 3 heterocycles. The lowest BCUT2D eigenvalue weighted by Gasteiger charge is -2.42. The van der Waals surface area contributed by atoms with Gasteiger partial charge >= 0.3 is 0 Å². The van der Waals surface area contributed by atoms with Crippen LogP contribution in [-0.4, -0.2) is 55.1 Å². The van der Waals surface area contributed by atoms with Gasteiger partial charge in [0.25, 0.3) is 0 Å². The van der Waals surface area contributed by atoms with Crippen LogP contribution < -0.4 is 5.32 Å². The van der Waals surface area contributed by atoms with E-state index in [1.54, 1.807) is 12.1 Å². The van der Waals surface area contributed by atoms with Gasteiger partial charge in [-0.2, -0.15) is 0 Å². The predicted octanol–water partition coefficient (Wildman–Crippen LogP) is 1.75. The van der Waals surface area contributed by atoms with Gasteiger partial charge in [0, 0.05) is 32.1 Å². The Kier molecular flexibility index (Phi) is 5.31. The summed E-state index contributed by atoms with van der Waals surface area (Å²) in [5.41, 5.74) is 1.84. The van der Waals surface area contributed by atoms with Crippen LogP contribution in [-0.2, 0) is 29.0 Å². The van der Waals surface area contributed by atoms with Gasteiger partial charge in [0.2, 0.25) is 0 Å². The summed E-state index contributed by atoms with van der Waals surface area (Å²) < 4.78 is 29.4. The molecule has 0 aliphatic carbocycles. The Morgan fingerprint density at radius 1 is 1.12 bits per heavy atom. The second-order valence-corrected chi connectivity index (χ2v) is 7.10. The quantitative estimate of drug-likeness (QED) is 0.811. The lowest BCUT2D eigenvalue weighted by molar-refractivity contribution is -0.0755. The summed E-state index contributed by atoms with van der Waals surface area (Å²) in [6.45, 7) is 6.11. The third-order valence-electron chi connectivity index (χ3n) is 4.95. The van der Waals surface area contributed by atoms with Gasteiger partial charge in [0.05, 0.1) is 44.2 Å². The molecule has 140 valence electrons. The Morgan fingerprint density at radius 2 is 1.88 bits per heavy atom. The zero-order chi connectivity index (χ0) is 17.8. The minimum absolute atomic E-state index is 0.137. The molecule has 0 atom stereocenters. The normalized spacial score (nSPS) is 20.0. The highest BCUT2D eigenvalue weighted by molar-refractivity contribution is 5.18. The van der Waals surface area contributed by atoms with Gasteiger partial charge < -0.3 is 19.3 Å². The van der Waals surface area contributed by atoms with E-state index in [1.165, 1.54) is 12.1 Å². The minimum Gasteiger partial charge on any atom is -0.379 e. The van der Waals surface area contributed by atoms with Gasteiger partial charge in [0.1, 0.15) is 5.82 Å². The lowest BCUT2D eigenvalue weighted by atomic mass is 9.91. The highest BCUT2D eigenvalue weighted by Crippen LogP contribution is 2.23. The summed E-state index contributed by atoms with van der Waals surface area (Å²) in [6.07, 6.45) is 0.751. The Hall–Kier alpha value is -1.80. The average molecular weight is 361 g/mol. The number of nitrogens with one attached hydrogen (secondary N) is 1. The maximum atomic E-state index is 13.0. The Bertz CT molecular complexity index is 709. The fraction of sp³-hybridized carbons (Fsp3) is 0.526. The molecule has 7 heteroatoms. The molecule has 4 rings (SSSR count). The molecule has 2 saturated heterocycles. The molecule has 0 radical (unpaired) electrons. The first-order chi connectivity index (χ1) is 12.7. The third kappa shape index (κ3) is 4.29. The molecule has 0 amide bonds. The van der Waals surface area contributed by atoms with Crippen LogP contribution in [0, 0.1) is 5.82 Å². The standard InChI is InChI=1S/C19H24FN3O3/c20-16-3-1-15(2-4-16)11-21-19(13-25-14-19)10-17-9-18(26-22-17)12-23-5-7-24-8-6-23/h1-4,9,21H,5-8,10-14H2. The number of aromatic nitrogens is 1. The Morgan fingerprint density at radius 3 is 2.58 bits per heavy atom. The van der Waals surface area contributed by atoms with Crippen LogP contribution in [0.3, 0.4) is 0 Å². The predicted molar refractivity (Wildman–Crippen MR) is 93.1 cm³/mol. The highest BCUT2D eigenvalue weighted by atomic mass is 19.1. The minimum atomic E-state index is -0.217. The van der Waals surface area contributed by atoms with Crippen molar-refractivity contribution in [2.24, 2.45) is 0 Å². The molecule has 1 aromatic heterocycles. The molecule has 1 N–H and O–H groups in total. The molecule has 0 unspecified atom stereocenters.